The van der Waals surface area contributed by atoms with Crippen molar-refractivity contribution >= 4 is 17.5 Å². The molecule has 0 aliphatic rings. The molecule has 1 aromatic heterocycles. The zero-order valence-corrected chi connectivity index (χ0v) is 12.6. The summed E-state index contributed by atoms with van der Waals surface area (Å²) in [6.07, 6.45) is 0. The van der Waals surface area contributed by atoms with Crippen LogP contribution in [0.3, 0.4) is 0 Å². The van der Waals surface area contributed by atoms with E-state index < -0.39 is 0 Å². The monoisotopic (exact) mass is 314 g/mol. The fourth-order valence-corrected chi connectivity index (χ4v) is 2.59. The third-order valence-corrected chi connectivity index (χ3v) is 3.72. The fourth-order valence-electron chi connectivity index (χ4n) is 2.59. The maximum absolute atomic E-state index is 10.7. The molecule has 4 rings (SSSR count). The van der Waals surface area contributed by atoms with Gasteiger partial charge in [0.15, 0.2) is 0 Å². The molecule has 0 N–H and O–H groups in total. The molecule has 0 amide bonds. The van der Waals surface area contributed by atoms with Crippen molar-refractivity contribution in [3.05, 3.63) is 72.8 Å². The van der Waals surface area contributed by atoms with Gasteiger partial charge >= 0.3 is 6.47 Å². The maximum atomic E-state index is 10.7. The highest BCUT2D eigenvalue weighted by Gasteiger charge is 2.11. The maximum Gasteiger partial charge on any atom is 0.423 e. The summed E-state index contributed by atoms with van der Waals surface area (Å²) in [5.74, 6) is 0.441. The molecule has 0 saturated carbocycles. The lowest BCUT2D eigenvalue weighted by molar-refractivity contribution is 0.443. The molecule has 0 atom stereocenters. The second kappa shape index (κ2) is 5.96. The summed E-state index contributed by atoms with van der Waals surface area (Å²) in [5, 5.41) is 8.96. The topological polar surface area (TPSA) is 57.0 Å². The van der Waals surface area contributed by atoms with Gasteiger partial charge in [-0.3, -0.25) is 0 Å². The Morgan fingerprint density at radius 3 is 2.17 bits per heavy atom. The van der Waals surface area contributed by atoms with Crippen LogP contribution in [0.2, 0.25) is 0 Å². The summed E-state index contributed by atoms with van der Waals surface area (Å²) < 4.78 is 4.99. The molecule has 4 aromatic rings. The van der Waals surface area contributed by atoms with Gasteiger partial charge in [0.25, 0.3) is 0 Å². The average molecular weight is 314 g/mol. The molecule has 0 fully saturated rings. The summed E-state index contributed by atoms with van der Waals surface area (Å²) >= 11 is 0. The minimum absolute atomic E-state index is 0.441. The minimum atomic E-state index is 0.441. The van der Waals surface area contributed by atoms with E-state index in [9.17, 15) is 4.79 Å². The first kappa shape index (κ1) is 14.1. The van der Waals surface area contributed by atoms with Crippen molar-refractivity contribution in [2.24, 2.45) is 0 Å². The van der Waals surface area contributed by atoms with Crippen LogP contribution in [0.1, 0.15) is 0 Å². The summed E-state index contributed by atoms with van der Waals surface area (Å²) in [6.45, 7) is 1.49. The highest BCUT2D eigenvalue weighted by atomic mass is 16.5. The Labute approximate surface area is 138 Å². The molecule has 0 aliphatic carbocycles. The van der Waals surface area contributed by atoms with Gasteiger partial charge in [0.2, 0.25) is 0 Å². The number of benzene rings is 3. The predicted octanol–water partition coefficient (Wildman–Crippen LogP) is 3.53. The fraction of sp³-hybridized carbons (Fsp3) is 0. The van der Waals surface area contributed by atoms with Crippen molar-refractivity contribution in [3.8, 4) is 22.6 Å². The van der Waals surface area contributed by atoms with Gasteiger partial charge in [-0.1, -0.05) is 42.5 Å². The van der Waals surface area contributed by atoms with Crippen molar-refractivity contribution in [2.75, 3.05) is 0 Å². The molecular formula is C19H12N3O2. The molecule has 1 heterocycles. The van der Waals surface area contributed by atoms with E-state index in [1.165, 1.54) is 6.47 Å². The van der Waals surface area contributed by atoms with Gasteiger partial charge in [-0.2, -0.15) is 4.80 Å². The van der Waals surface area contributed by atoms with Crippen LogP contribution >= 0.6 is 0 Å². The Hall–Kier alpha value is -3.47. The number of fused-ring (bicyclic) bond motifs is 1. The molecule has 24 heavy (non-hydrogen) atoms. The van der Waals surface area contributed by atoms with E-state index >= 15 is 0 Å². The molecule has 0 bridgehead atoms. The van der Waals surface area contributed by atoms with Crippen LogP contribution < -0.4 is 4.74 Å². The van der Waals surface area contributed by atoms with E-state index in [2.05, 4.69) is 10.2 Å². The van der Waals surface area contributed by atoms with E-state index in [-0.39, 0.29) is 0 Å². The SMILES string of the molecule is O=[C]Oc1ccc(-n2nc3ccccc3n2)cc1-c1ccccc1. The van der Waals surface area contributed by atoms with E-state index in [0.29, 0.717) is 5.75 Å². The van der Waals surface area contributed by atoms with E-state index in [4.69, 9.17) is 4.74 Å². The third-order valence-electron chi connectivity index (χ3n) is 3.72. The molecule has 0 unspecified atom stereocenters. The molecule has 0 saturated heterocycles. The number of hydrogen-bond acceptors (Lipinski definition) is 4. The quantitative estimate of drug-likeness (QED) is 0.578. The third kappa shape index (κ3) is 2.52. The zero-order chi connectivity index (χ0) is 16.4. The van der Waals surface area contributed by atoms with Crippen molar-refractivity contribution in [3.63, 3.8) is 0 Å². The van der Waals surface area contributed by atoms with E-state index in [1.807, 2.05) is 60.7 Å². The molecule has 1 radical (unpaired) electrons. The number of nitrogens with zero attached hydrogens (tertiary/aromatic N) is 3. The Morgan fingerprint density at radius 2 is 1.50 bits per heavy atom. The largest absolute Gasteiger partial charge is 0.423 e. The Balaban J connectivity index is 1.86. The first-order valence-electron chi connectivity index (χ1n) is 7.41. The molecule has 0 spiro atoms. The number of carbonyl (C=O) groups excluding carboxylic acids is 1. The van der Waals surface area contributed by atoms with Crippen LogP contribution in [-0.4, -0.2) is 21.5 Å². The Bertz CT molecular complexity index is 976. The van der Waals surface area contributed by atoms with Gasteiger partial charge in [-0.15, -0.1) is 10.2 Å². The normalized spacial score (nSPS) is 10.7. The summed E-state index contributed by atoms with van der Waals surface area (Å²) in [4.78, 5) is 12.2. The summed E-state index contributed by atoms with van der Waals surface area (Å²) in [7, 11) is 0. The van der Waals surface area contributed by atoms with Crippen LogP contribution in [-0.2, 0) is 4.79 Å². The smallest absolute Gasteiger partial charge is 0.417 e. The lowest BCUT2D eigenvalue weighted by Crippen LogP contribution is -2.00. The Morgan fingerprint density at radius 1 is 0.833 bits per heavy atom. The summed E-state index contributed by atoms with van der Waals surface area (Å²) in [6, 6.07) is 22.8. The second-order valence-corrected chi connectivity index (χ2v) is 5.21. The molecular weight excluding hydrogens is 302 g/mol. The number of rotatable bonds is 4. The van der Waals surface area contributed by atoms with Gasteiger partial charge in [0, 0.05) is 5.56 Å². The standard InChI is InChI=1S/C19H12N3O2/c23-13-24-19-11-10-15(12-16(19)14-6-2-1-3-7-14)22-20-17-8-4-5-9-18(17)21-22/h1-12H. The first-order chi connectivity index (χ1) is 11.8. The zero-order valence-electron chi connectivity index (χ0n) is 12.6. The van der Waals surface area contributed by atoms with Crippen molar-refractivity contribution < 1.29 is 9.53 Å². The molecule has 3 aromatic carbocycles. The van der Waals surface area contributed by atoms with Crippen molar-refractivity contribution in [1.29, 1.82) is 0 Å². The predicted molar refractivity (Wildman–Crippen MR) is 90.6 cm³/mol. The molecule has 0 aliphatic heterocycles. The second-order valence-electron chi connectivity index (χ2n) is 5.21. The number of hydrogen-bond donors (Lipinski definition) is 0. The van der Waals surface area contributed by atoms with Crippen LogP contribution in [0.15, 0.2) is 72.8 Å². The molecule has 5 nitrogen and oxygen atoms in total. The first-order valence-corrected chi connectivity index (χ1v) is 7.41. The lowest BCUT2D eigenvalue weighted by Gasteiger charge is -2.09. The van der Waals surface area contributed by atoms with Crippen LogP contribution in [0.25, 0.3) is 27.8 Å². The molecule has 115 valence electrons. The van der Waals surface area contributed by atoms with Crippen LogP contribution in [0.5, 0.6) is 5.75 Å². The van der Waals surface area contributed by atoms with Crippen LogP contribution in [0, 0.1) is 0 Å². The van der Waals surface area contributed by atoms with E-state index in [0.717, 1.165) is 27.8 Å². The van der Waals surface area contributed by atoms with Crippen molar-refractivity contribution in [1.82, 2.24) is 15.0 Å². The van der Waals surface area contributed by atoms with Gasteiger partial charge in [-0.25, -0.2) is 4.79 Å². The number of ether oxygens (including phenoxy) is 1. The Kier molecular flexibility index (Phi) is 3.51. The average Bonchev–Trinajstić information content (AvgIpc) is 3.07. The van der Waals surface area contributed by atoms with Crippen molar-refractivity contribution in [2.45, 2.75) is 0 Å². The highest BCUT2D eigenvalue weighted by Crippen LogP contribution is 2.31. The highest BCUT2D eigenvalue weighted by molar-refractivity contribution is 5.76. The minimum Gasteiger partial charge on any atom is -0.417 e. The van der Waals surface area contributed by atoms with Gasteiger partial charge in [0.05, 0.1) is 5.69 Å². The van der Waals surface area contributed by atoms with Gasteiger partial charge < -0.3 is 4.74 Å². The summed E-state index contributed by atoms with van der Waals surface area (Å²) in [5.41, 5.74) is 4.13. The van der Waals surface area contributed by atoms with Gasteiger partial charge in [0.1, 0.15) is 16.8 Å². The van der Waals surface area contributed by atoms with Gasteiger partial charge in [-0.05, 0) is 35.9 Å². The number of aromatic nitrogens is 3. The molecule has 5 heteroatoms. The van der Waals surface area contributed by atoms with E-state index in [1.54, 1.807) is 16.9 Å². The lowest BCUT2D eigenvalue weighted by atomic mass is 10.0. The van der Waals surface area contributed by atoms with Crippen LogP contribution in [0.4, 0.5) is 0 Å².